The van der Waals surface area contributed by atoms with Gasteiger partial charge in [0, 0.05) is 30.7 Å². The van der Waals surface area contributed by atoms with Crippen LogP contribution in [0.15, 0.2) is 48.8 Å². The molecule has 0 aliphatic heterocycles. The van der Waals surface area contributed by atoms with Crippen LogP contribution in [-0.4, -0.2) is 16.9 Å². The number of hydrogen-bond acceptors (Lipinski definition) is 3. The van der Waals surface area contributed by atoms with E-state index in [0.29, 0.717) is 18.2 Å². The highest BCUT2D eigenvalue weighted by Gasteiger charge is 2.18. The Hall–Kier alpha value is -2.36. The third-order valence-corrected chi connectivity index (χ3v) is 4.34. The molecule has 3 rings (SSSR count). The molecule has 2 aromatic rings. The van der Waals surface area contributed by atoms with E-state index >= 15 is 0 Å². The summed E-state index contributed by atoms with van der Waals surface area (Å²) in [5.74, 6) is 0.0229. The summed E-state index contributed by atoms with van der Waals surface area (Å²) in [7, 11) is 0. The fraction of sp³-hybridized carbons (Fsp3) is 0.368. The van der Waals surface area contributed by atoms with E-state index < -0.39 is 0 Å². The van der Waals surface area contributed by atoms with Crippen LogP contribution in [0.5, 0.6) is 0 Å². The fourth-order valence-corrected chi connectivity index (χ4v) is 3.04. The maximum Gasteiger partial charge on any atom is 0.253 e. The highest BCUT2D eigenvalue weighted by Crippen LogP contribution is 2.20. The van der Waals surface area contributed by atoms with Crippen molar-refractivity contribution in [2.24, 2.45) is 0 Å². The highest BCUT2D eigenvalue weighted by molar-refractivity contribution is 5.99. The summed E-state index contributed by atoms with van der Waals surface area (Å²) < 4.78 is 0. The molecule has 0 saturated heterocycles. The normalized spacial score (nSPS) is 15.1. The molecule has 1 aromatic carbocycles. The van der Waals surface area contributed by atoms with Crippen molar-refractivity contribution in [1.82, 2.24) is 10.3 Å². The second-order valence-corrected chi connectivity index (χ2v) is 6.06. The summed E-state index contributed by atoms with van der Waals surface area (Å²) in [5, 5.41) is 6.54. The summed E-state index contributed by atoms with van der Waals surface area (Å²) in [4.78, 5) is 16.6. The van der Waals surface area contributed by atoms with E-state index in [1.807, 2.05) is 36.4 Å². The van der Waals surface area contributed by atoms with Gasteiger partial charge >= 0.3 is 0 Å². The van der Waals surface area contributed by atoms with Crippen molar-refractivity contribution in [2.45, 2.75) is 44.7 Å². The van der Waals surface area contributed by atoms with E-state index in [0.717, 1.165) is 24.1 Å². The molecule has 0 bridgehead atoms. The van der Waals surface area contributed by atoms with Crippen LogP contribution < -0.4 is 10.6 Å². The first-order chi connectivity index (χ1) is 11.3. The Balaban J connectivity index is 1.65. The fourth-order valence-electron chi connectivity index (χ4n) is 3.04. The molecule has 1 fully saturated rings. The molecular formula is C19H23N3O. The monoisotopic (exact) mass is 309 g/mol. The number of benzene rings is 1. The van der Waals surface area contributed by atoms with E-state index in [4.69, 9.17) is 0 Å². The average Bonchev–Trinajstić information content (AvgIpc) is 2.62. The zero-order valence-electron chi connectivity index (χ0n) is 13.3. The molecule has 2 N–H and O–H groups in total. The number of carbonyl (C=O) groups excluding carboxylic acids is 1. The molecule has 4 heteroatoms. The molecule has 1 saturated carbocycles. The largest absolute Gasteiger partial charge is 0.380 e. The number of para-hydroxylation sites is 1. The highest BCUT2D eigenvalue weighted by atomic mass is 16.1. The molecule has 1 amide bonds. The second-order valence-electron chi connectivity index (χ2n) is 6.06. The molecule has 4 nitrogen and oxygen atoms in total. The minimum atomic E-state index is 0.0229. The average molecular weight is 309 g/mol. The van der Waals surface area contributed by atoms with E-state index in [9.17, 15) is 4.79 Å². The van der Waals surface area contributed by atoms with Crippen molar-refractivity contribution in [3.05, 3.63) is 59.9 Å². The predicted octanol–water partition coefficient (Wildman–Crippen LogP) is 3.76. The number of aromatic nitrogens is 1. The standard InChI is InChI=1S/C19H23N3O/c23-19(22-16-6-2-1-3-7-16)17-8-4-5-9-18(17)21-14-15-10-12-20-13-11-15/h4-5,8-13,16,21H,1-3,6-7,14H2,(H,22,23). The van der Waals surface area contributed by atoms with E-state index in [2.05, 4.69) is 15.6 Å². The van der Waals surface area contributed by atoms with Gasteiger partial charge in [-0.1, -0.05) is 31.4 Å². The smallest absolute Gasteiger partial charge is 0.253 e. The van der Waals surface area contributed by atoms with Crippen LogP contribution in [-0.2, 0) is 6.54 Å². The molecule has 0 spiro atoms. The predicted molar refractivity (Wildman–Crippen MR) is 92.3 cm³/mol. The second kappa shape index (κ2) is 7.77. The van der Waals surface area contributed by atoms with Crippen molar-refractivity contribution in [3.8, 4) is 0 Å². The van der Waals surface area contributed by atoms with Crippen LogP contribution in [0.4, 0.5) is 5.69 Å². The molecule has 23 heavy (non-hydrogen) atoms. The zero-order valence-corrected chi connectivity index (χ0v) is 13.3. The van der Waals surface area contributed by atoms with Crippen molar-refractivity contribution < 1.29 is 4.79 Å². The van der Waals surface area contributed by atoms with E-state index in [1.54, 1.807) is 12.4 Å². The van der Waals surface area contributed by atoms with Crippen molar-refractivity contribution in [2.75, 3.05) is 5.32 Å². The molecule has 1 aliphatic rings. The van der Waals surface area contributed by atoms with Gasteiger partial charge in [0.15, 0.2) is 0 Å². The summed E-state index contributed by atoms with van der Waals surface area (Å²) >= 11 is 0. The molecule has 0 atom stereocenters. The third kappa shape index (κ3) is 4.31. The number of amides is 1. The minimum Gasteiger partial charge on any atom is -0.380 e. The SMILES string of the molecule is O=C(NC1CCCCC1)c1ccccc1NCc1ccncc1. The van der Waals surface area contributed by atoms with Crippen LogP contribution in [0, 0.1) is 0 Å². The Morgan fingerprint density at radius 2 is 1.78 bits per heavy atom. The maximum absolute atomic E-state index is 12.6. The first kappa shape index (κ1) is 15.5. The van der Waals surface area contributed by atoms with Crippen LogP contribution in [0.1, 0.15) is 48.0 Å². The topological polar surface area (TPSA) is 54.0 Å². The van der Waals surface area contributed by atoms with Crippen LogP contribution in [0.2, 0.25) is 0 Å². The van der Waals surface area contributed by atoms with Gasteiger partial charge in [-0.25, -0.2) is 0 Å². The first-order valence-electron chi connectivity index (χ1n) is 8.35. The summed E-state index contributed by atoms with van der Waals surface area (Å²) in [5.41, 5.74) is 2.73. The number of nitrogens with zero attached hydrogens (tertiary/aromatic N) is 1. The Labute approximate surface area is 137 Å². The molecule has 120 valence electrons. The maximum atomic E-state index is 12.6. The van der Waals surface area contributed by atoms with Gasteiger partial charge in [-0.2, -0.15) is 0 Å². The zero-order chi connectivity index (χ0) is 15.9. The van der Waals surface area contributed by atoms with Gasteiger partial charge in [0.1, 0.15) is 0 Å². The van der Waals surface area contributed by atoms with Gasteiger partial charge in [0.2, 0.25) is 0 Å². The number of pyridine rings is 1. The van der Waals surface area contributed by atoms with Gasteiger partial charge < -0.3 is 10.6 Å². The van der Waals surface area contributed by atoms with E-state index in [1.165, 1.54) is 19.3 Å². The van der Waals surface area contributed by atoms with Crippen LogP contribution in [0.3, 0.4) is 0 Å². The quantitative estimate of drug-likeness (QED) is 0.884. The van der Waals surface area contributed by atoms with Gasteiger partial charge in [-0.15, -0.1) is 0 Å². The summed E-state index contributed by atoms with van der Waals surface area (Å²) in [6.45, 7) is 0.677. The molecule has 1 aliphatic carbocycles. The first-order valence-corrected chi connectivity index (χ1v) is 8.35. The van der Waals surface area contributed by atoms with Gasteiger partial charge in [0.25, 0.3) is 5.91 Å². The Morgan fingerprint density at radius 1 is 1.04 bits per heavy atom. The van der Waals surface area contributed by atoms with Crippen molar-refractivity contribution >= 4 is 11.6 Å². The van der Waals surface area contributed by atoms with Crippen LogP contribution in [0.25, 0.3) is 0 Å². The van der Waals surface area contributed by atoms with Gasteiger partial charge in [-0.3, -0.25) is 9.78 Å². The Kier molecular flexibility index (Phi) is 5.25. The number of rotatable bonds is 5. The summed E-state index contributed by atoms with van der Waals surface area (Å²) in [6, 6.07) is 12.0. The van der Waals surface area contributed by atoms with Gasteiger partial charge in [-0.05, 0) is 42.7 Å². The van der Waals surface area contributed by atoms with Gasteiger partial charge in [0.05, 0.1) is 5.56 Å². The molecule has 1 heterocycles. The Bertz CT molecular complexity index is 636. The lowest BCUT2D eigenvalue weighted by molar-refractivity contribution is 0.0928. The lowest BCUT2D eigenvalue weighted by Crippen LogP contribution is -2.36. The minimum absolute atomic E-state index is 0.0229. The van der Waals surface area contributed by atoms with Crippen LogP contribution >= 0.6 is 0 Å². The molecule has 0 unspecified atom stereocenters. The lowest BCUT2D eigenvalue weighted by atomic mass is 9.95. The number of nitrogens with one attached hydrogen (secondary N) is 2. The molecular weight excluding hydrogens is 286 g/mol. The third-order valence-electron chi connectivity index (χ3n) is 4.34. The van der Waals surface area contributed by atoms with Crippen molar-refractivity contribution in [3.63, 3.8) is 0 Å². The number of hydrogen-bond donors (Lipinski definition) is 2. The summed E-state index contributed by atoms with van der Waals surface area (Å²) in [6.07, 6.45) is 9.46. The van der Waals surface area contributed by atoms with Crippen molar-refractivity contribution in [1.29, 1.82) is 0 Å². The number of anilines is 1. The lowest BCUT2D eigenvalue weighted by Gasteiger charge is -2.23. The molecule has 1 aromatic heterocycles. The Morgan fingerprint density at radius 3 is 2.57 bits per heavy atom. The van der Waals surface area contributed by atoms with E-state index in [-0.39, 0.29) is 5.91 Å². The number of carbonyl (C=O) groups is 1. The molecule has 0 radical (unpaired) electrons.